The zero-order valence-electron chi connectivity index (χ0n) is 13.1. The molecular weight excluding hydrogens is 326 g/mol. The van der Waals surface area contributed by atoms with Gasteiger partial charge in [0, 0.05) is 17.1 Å². The van der Waals surface area contributed by atoms with Gasteiger partial charge in [0.25, 0.3) is 5.56 Å². The van der Waals surface area contributed by atoms with E-state index < -0.39 is 15.1 Å². The van der Waals surface area contributed by atoms with Gasteiger partial charge in [-0.2, -0.15) is 0 Å². The lowest BCUT2D eigenvalue weighted by Gasteiger charge is -2.04. The summed E-state index contributed by atoms with van der Waals surface area (Å²) in [5, 5.41) is 6.03. The highest BCUT2D eigenvalue weighted by molar-refractivity contribution is 7.92. The molecule has 2 atom stereocenters. The summed E-state index contributed by atoms with van der Waals surface area (Å²) in [5.41, 5.74) is 2.18. The third kappa shape index (κ3) is 2.36. The Balaban J connectivity index is 1.79. The lowest BCUT2D eigenvalue weighted by Crippen LogP contribution is -2.11. The Morgan fingerprint density at radius 2 is 1.96 bits per heavy atom. The van der Waals surface area contributed by atoms with Crippen LogP contribution < -0.4 is 5.56 Å². The second kappa shape index (κ2) is 5.31. The molecule has 6 nitrogen and oxygen atoms in total. The summed E-state index contributed by atoms with van der Waals surface area (Å²) in [6, 6.07) is 11.4. The first-order valence-corrected chi connectivity index (χ1v) is 9.61. The number of benzene rings is 1. The highest BCUT2D eigenvalue weighted by atomic mass is 32.2. The van der Waals surface area contributed by atoms with Crippen molar-refractivity contribution < 1.29 is 8.42 Å². The fourth-order valence-corrected chi connectivity index (χ4v) is 4.76. The molecule has 4 rings (SSSR count). The van der Waals surface area contributed by atoms with Gasteiger partial charge in [0.2, 0.25) is 0 Å². The van der Waals surface area contributed by atoms with Gasteiger partial charge in [-0.3, -0.25) is 9.89 Å². The molecule has 1 aromatic carbocycles. The average molecular weight is 343 g/mol. The summed E-state index contributed by atoms with van der Waals surface area (Å²) >= 11 is 0. The summed E-state index contributed by atoms with van der Waals surface area (Å²) in [5.74, 6) is -0.0518. The number of nitrogens with one attached hydrogen (secondary N) is 2. The van der Waals surface area contributed by atoms with Crippen molar-refractivity contribution in [1.82, 2.24) is 15.2 Å². The van der Waals surface area contributed by atoms with E-state index >= 15 is 0 Å². The number of sulfone groups is 1. The summed E-state index contributed by atoms with van der Waals surface area (Å²) in [6.07, 6.45) is 0.546. The Bertz CT molecular complexity index is 1080. The first-order valence-electron chi connectivity index (χ1n) is 7.89. The second-order valence-electron chi connectivity index (χ2n) is 6.09. The molecule has 1 aliphatic rings. The maximum absolute atomic E-state index is 12.3. The van der Waals surface area contributed by atoms with E-state index in [2.05, 4.69) is 15.2 Å². The molecule has 3 aromatic rings. The van der Waals surface area contributed by atoms with Gasteiger partial charge in [0.05, 0.1) is 27.7 Å². The third-order valence-corrected chi connectivity index (χ3v) is 6.88. The Morgan fingerprint density at radius 1 is 1.17 bits per heavy atom. The first kappa shape index (κ1) is 15.1. The van der Waals surface area contributed by atoms with Crippen LogP contribution in [0.1, 0.15) is 25.0 Å². The van der Waals surface area contributed by atoms with Gasteiger partial charge in [-0.15, -0.1) is 0 Å². The largest absolute Gasteiger partial charge is 0.301 e. The molecule has 124 valence electrons. The topological polar surface area (TPSA) is 95.7 Å². The van der Waals surface area contributed by atoms with Crippen molar-refractivity contribution in [1.29, 1.82) is 0 Å². The van der Waals surface area contributed by atoms with Gasteiger partial charge in [0.1, 0.15) is 0 Å². The summed E-state index contributed by atoms with van der Waals surface area (Å²) in [7, 11) is -3.10. The van der Waals surface area contributed by atoms with Crippen LogP contribution in [0.25, 0.3) is 22.2 Å². The smallest absolute Gasteiger partial charge is 0.273 e. The average Bonchev–Trinajstić information content (AvgIpc) is 3.31. The Labute approximate surface area is 138 Å². The minimum Gasteiger partial charge on any atom is -0.301 e. The maximum Gasteiger partial charge on any atom is 0.273 e. The van der Waals surface area contributed by atoms with Crippen molar-refractivity contribution in [2.24, 2.45) is 0 Å². The zero-order chi connectivity index (χ0) is 16.9. The minimum absolute atomic E-state index is 0.117. The number of pyridine rings is 1. The Kier molecular flexibility index (Phi) is 3.35. The molecule has 0 radical (unpaired) electrons. The summed E-state index contributed by atoms with van der Waals surface area (Å²) in [4.78, 5) is 16.8. The summed E-state index contributed by atoms with van der Waals surface area (Å²) < 4.78 is 24.1. The molecule has 24 heavy (non-hydrogen) atoms. The number of aromatic nitrogens is 3. The number of para-hydroxylation sites is 1. The van der Waals surface area contributed by atoms with Crippen LogP contribution in [-0.4, -0.2) is 34.6 Å². The van der Waals surface area contributed by atoms with Crippen LogP contribution >= 0.6 is 0 Å². The van der Waals surface area contributed by atoms with E-state index in [0.717, 1.165) is 10.9 Å². The molecule has 2 unspecified atom stereocenters. The molecule has 1 saturated carbocycles. The van der Waals surface area contributed by atoms with Crippen LogP contribution in [0.2, 0.25) is 0 Å². The fourth-order valence-electron chi connectivity index (χ4n) is 3.20. The van der Waals surface area contributed by atoms with Gasteiger partial charge in [0.15, 0.2) is 9.84 Å². The molecule has 0 bridgehead atoms. The molecule has 0 saturated heterocycles. The standard InChI is InChI=1S/C17H17N3O3S/c1-2-24(22,23)14-9-11(14)16-15(17(21)20-19-16)13-8-7-10-5-3-4-6-12(10)18-13/h3-8,11,14H,2,9H2,1H3,(H2,19,20,21). The SMILES string of the molecule is CCS(=O)(=O)C1CC1c1[nH][nH]c(=O)c1-c1ccc2ccccc2n1. The molecule has 1 fully saturated rings. The molecule has 0 amide bonds. The molecule has 7 heteroatoms. The monoisotopic (exact) mass is 343 g/mol. The van der Waals surface area contributed by atoms with E-state index in [-0.39, 0.29) is 17.2 Å². The van der Waals surface area contributed by atoms with Gasteiger partial charge in [-0.25, -0.2) is 13.4 Å². The van der Waals surface area contributed by atoms with E-state index in [0.29, 0.717) is 23.4 Å². The summed E-state index contributed by atoms with van der Waals surface area (Å²) in [6.45, 7) is 1.65. The van der Waals surface area contributed by atoms with E-state index in [9.17, 15) is 13.2 Å². The number of aromatic amines is 2. The number of rotatable bonds is 4. The lowest BCUT2D eigenvalue weighted by atomic mass is 10.1. The Morgan fingerprint density at radius 3 is 2.75 bits per heavy atom. The third-order valence-electron chi connectivity index (χ3n) is 4.63. The molecule has 2 N–H and O–H groups in total. The normalized spacial score (nSPS) is 20.4. The second-order valence-corrected chi connectivity index (χ2v) is 8.60. The van der Waals surface area contributed by atoms with Crippen molar-refractivity contribution >= 4 is 20.7 Å². The zero-order valence-corrected chi connectivity index (χ0v) is 13.9. The van der Waals surface area contributed by atoms with Crippen molar-refractivity contribution in [3.05, 3.63) is 52.4 Å². The van der Waals surface area contributed by atoms with E-state index in [4.69, 9.17) is 0 Å². The van der Waals surface area contributed by atoms with E-state index in [1.165, 1.54) is 0 Å². The minimum atomic E-state index is -3.10. The lowest BCUT2D eigenvalue weighted by molar-refractivity contribution is 0.595. The van der Waals surface area contributed by atoms with Crippen LogP contribution in [0.15, 0.2) is 41.2 Å². The van der Waals surface area contributed by atoms with E-state index in [1.807, 2.05) is 30.3 Å². The van der Waals surface area contributed by atoms with Crippen molar-refractivity contribution in [2.75, 3.05) is 5.75 Å². The van der Waals surface area contributed by atoms with Crippen molar-refractivity contribution in [2.45, 2.75) is 24.5 Å². The number of nitrogens with zero attached hydrogens (tertiary/aromatic N) is 1. The van der Waals surface area contributed by atoms with Crippen LogP contribution in [-0.2, 0) is 9.84 Å². The number of hydrogen-bond donors (Lipinski definition) is 2. The molecule has 2 aromatic heterocycles. The number of fused-ring (bicyclic) bond motifs is 1. The molecule has 2 heterocycles. The molecule has 0 aliphatic heterocycles. The van der Waals surface area contributed by atoms with Gasteiger partial charge in [-0.1, -0.05) is 31.2 Å². The van der Waals surface area contributed by atoms with Crippen LogP contribution in [0.5, 0.6) is 0 Å². The van der Waals surface area contributed by atoms with Gasteiger partial charge >= 0.3 is 0 Å². The van der Waals surface area contributed by atoms with Gasteiger partial charge < -0.3 is 5.10 Å². The predicted molar refractivity (Wildman–Crippen MR) is 92.8 cm³/mol. The molecule has 1 aliphatic carbocycles. The number of hydrogen-bond acceptors (Lipinski definition) is 4. The maximum atomic E-state index is 12.3. The highest BCUT2D eigenvalue weighted by Crippen LogP contribution is 2.47. The van der Waals surface area contributed by atoms with Crippen LogP contribution in [0.4, 0.5) is 0 Å². The van der Waals surface area contributed by atoms with Crippen molar-refractivity contribution in [3.63, 3.8) is 0 Å². The van der Waals surface area contributed by atoms with E-state index in [1.54, 1.807) is 13.0 Å². The highest BCUT2D eigenvalue weighted by Gasteiger charge is 2.49. The van der Waals surface area contributed by atoms with Crippen molar-refractivity contribution in [3.8, 4) is 11.3 Å². The predicted octanol–water partition coefficient (Wildman–Crippen LogP) is 2.21. The number of H-pyrrole nitrogens is 2. The quantitative estimate of drug-likeness (QED) is 0.759. The Hall–Kier alpha value is -2.41. The fraction of sp³-hybridized carbons (Fsp3) is 0.294. The van der Waals surface area contributed by atoms with Crippen LogP contribution in [0, 0.1) is 0 Å². The van der Waals surface area contributed by atoms with Gasteiger partial charge in [-0.05, 0) is 18.6 Å². The van der Waals surface area contributed by atoms with Crippen LogP contribution in [0.3, 0.4) is 0 Å². The molecular formula is C17H17N3O3S. The molecule has 0 spiro atoms. The first-order chi connectivity index (χ1) is 11.5.